The minimum Gasteiger partial charge on any atom is -0.332 e. The summed E-state index contributed by atoms with van der Waals surface area (Å²) >= 11 is 0. The van der Waals surface area contributed by atoms with Gasteiger partial charge in [0.2, 0.25) is 0 Å². The summed E-state index contributed by atoms with van der Waals surface area (Å²) in [5.41, 5.74) is 2.25. The molecule has 0 amide bonds. The quantitative estimate of drug-likeness (QED) is 0.857. The van der Waals surface area contributed by atoms with Crippen molar-refractivity contribution in [2.75, 3.05) is 24.9 Å². The Kier molecular flexibility index (Phi) is 3.99. The van der Waals surface area contributed by atoms with Crippen molar-refractivity contribution in [1.29, 1.82) is 0 Å². The molecule has 0 saturated carbocycles. The number of hydrogen-bond acceptors (Lipinski definition) is 5. The molecule has 0 fully saturated rings. The summed E-state index contributed by atoms with van der Waals surface area (Å²) in [7, 11) is -1.51. The molecule has 7 nitrogen and oxygen atoms in total. The molecular formula is C15H22N4O3S. The van der Waals surface area contributed by atoms with Crippen molar-refractivity contribution in [3.05, 3.63) is 28.2 Å². The third kappa shape index (κ3) is 2.66. The molecule has 126 valence electrons. The molecule has 1 atom stereocenters. The van der Waals surface area contributed by atoms with Gasteiger partial charge in [0.1, 0.15) is 18.2 Å². The van der Waals surface area contributed by atoms with E-state index in [2.05, 4.69) is 21.4 Å². The summed E-state index contributed by atoms with van der Waals surface area (Å²) < 4.78 is 25.0. The lowest BCUT2D eigenvalue weighted by atomic mass is 10.2. The first-order chi connectivity index (χ1) is 10.9. The topological polar surface area (TPSA) is 70.3 Å². The van der Waals surface area contributed by atoms with Crippen LogP contribution in [0.5, 0.6) is 0 Å². The normalized spacial score (nSPS) is 18.6. The highest BCUT2D eigenvalue weighted by Gasteiger charge is 2.30. The van der Waals surface area contributed by atoms with Gasteiger partial charge >= 0.3 is 0 Å². The highest BCUT2D eigenvalue weighted by molar-refractivity contribution is 7.89. The SMILES string of the molecule is CCCn1cc(C)c(=S(C)(=O)O)c2c1N1CN(OC)C=C1C=N2. The van der Waals surface area contributed by atoms with Gasteiger partial charge in [-0.05, 0) is 18.9 Å². The van der Waals surface area contributed by atoms with Crippen LogP contribution in [-0.4, -0.2) is 44.6 Å². The zero-order chi connectivity index (χ0) is 16.8. The van der Waals surface area contributed by atoms with Crippen LogP contribution in [0, 0.1) is 11.4 Å². The number of hydroxylamine groups is 2. The molecule has 1 unspecified atom stereocenters. The average molecular weight is 338 g/mol. The Hall–Kier alpha value is -1.77. The van der Waals surface area contributed by atoms with Gasteiger partial charge in [-0.3, -0.25) is 4.84 Å². The third-order valence-corrected chi connectivity index (χ3v) is 5.21. The summed E-state index contributed by atoms with van der Waals surface area (Å²) in [6, 6.07) is 0. The molecule has 1 aromatic rings. The Morgan fingerprint density at radius 3 is 2.83 bits per heavy atom. The Balaban J connectivity index is 2.35. The van der Waals surface area contributed by atoms with Gasteiger partial charge in [0, 0.05) is 19.0 Å². The molecule has 0 radical (unpaired) electrons. The molecule has 0 aromatic carbocycles. The number of aromatic nitrogens is 1. The van der Waals surface area contributed by atoms with Crippen LogP contribution in [0.15, 0.2) is 23.1 Å². The molecule has 8 heteroatoms. The second-order valence-electron chi connectivity index (χ2n) is 5.79. The Morgan fingerprint density at radius 1 is 1.48 bits per heavy atom. The number of aryl methyl sites for hydroxylation is 2. The summed E-state index contributed by atoms with van der Waals surface area (Å²) in [6.07, 6.45) is 7.81. The number of aliphatic imine (C=N–C) groups is 1. The van der Waals surface area contributed by atoms with E-state index in [1.807, 2.05) is 19.3 Å². The van der Waals surface area contributed by atoms with Crippen LogP contribution in [0.3, 0.4) is 0 Å². The van der Waals surface area contributed by atoms with E-state index in [1.54, 1.807) is 18.4 Å². The average Bonchev–Trinajstić information content (AvgIpc) is 2.88. The fourth-order valence-electron chi connectivity index (χ4n) is 3.08. The van der Waals surface area contributed by atoms with Crippen molar-refractivity contribution in [2.24, 2.45) is 4.99 Å². The predicted molar refractivity (Wildman–Crippen MR) is 91.8 cm³/mol. The fourth-order valence-corrected chi connectivity index (χ4v) is 4.23. The molecule has 2 aliphatic rings. The Morgan fingerprint density at radius 2 is 2.22 bits per heavy atom. The van der Waals surface area contributed by atoms with Gasteiger partial charge < -0.3 is 14.0 Å². The molecule has 3 heterocycles. The van der Waals surface area contributed by atoms with Crippen LogP contribution in [0.2, 0.25) is 0 Å². The van der Waals surface area contributed by atoms with Crippen LogP contribution < -0.4 is 4.90 Å². The smallest absolute Gasteiger partial charge is 0.142 e. The number of anilines is 1. The summed E-state index contributed by atoms with van der Waals surface area (Å²) in [5.74, 6) is 0.837. The molecular weight excluding hydrogens is 316 g/mol. The minimum absolute atomic E-state index is 0.408. The van der Waals surface area contributed by atoms with E-state index in [1.165, 1.54) is 6.26 Å². The van der Waals surface area contributed by atoms with Gasteiger partial charge in [-0.2, -0.15) is 0 Å². The fraction of sp³-hybridized carbons (Fsp3) is 0.467. The van der Waals surface area contributed by atoms with Crippen molar-refractivity contribution < 1.29 is 13.6 Å². The zero-order valence-corrected chi connectivity index (χ0v) is 14.6. The number of nitrogens with zero attached hydrogens (tertiary/aromatic N) is 4. The van der Waals surface area contributed by atoms with E-state index in [-0.39, 0.29) is 0 Å². The van der Waals surface area contributed by atoms with Gasteiger partial charge in [-0.25, -0.2) is 14.3 Å². The van der Waals surface area contributed by atoms with Crippen molar-refractivity contribution in [1.82, 2.24) is 9.63 Å². The highest BCUT2D eigenvalue weighted by Crippen LogP contribution is 2.39. The maximum absolute atomic E-state index is 12.4. The molecule has 2 aliphatic heterocycles. The molecule has 0 aliphatic carbocycles. The predicted octanol–water partition coefficient (Wildman–Crippen LogP) is 2.32. The van der Waals surface area contributed by atoms with E-state index in [0.717, 1.165) is 30.0 Å². The third-order valence-electron chi connectivity index (χ3n) is 3.93. The van der Waals surface area contributed by atoms with E-state index in [4.69, 9.17) is 4.84 Å². The number of rotatable bonds is 3. The van der Waals surface area contributed by atoms with E-state index in [9.17, 15) is 8.76 Å². The van der Waals surface area contributed by atoms with E-state index >= 15 is 0 Å². The van der Waals surface area contributed by atoms with Crippen molar-refractivity contribution >= 4 is 27.5 Å². The standard InChI is InChI=1S/C15H22N4O3S/c1-5-6-17-8-11(2)14(23(4,20)21)13-15(17)19-10-18(22-3)9-12(19)7-16-13/h7-9H,5-6,10H2,1-4H3,(H,20,21). The lowest BCUT2D eigenvalue weighted by molar-refractivity contribution is -0.0791. The monoisotopic (exact) mass is 338 g/mol. The van der Waals surface area contributed by atoms with Gasteiger partial charge in [-0.15, -0.1) is 0 Å². The molecule has 23 heavy (non-hydrogen) atoms. The second kappa shape index (κ2) is 5.70. The zero-order valence-electron chi connectivity index (χ0n) is 13.8. The summed E-state index contributed by atoms with van der Waals surface area (Å²) in [5, 5.41) is 1.70. The molecule has 3 rings (SSSR count). The minimum atomic E-state index is -3.12. The number of fused-ring (bicyclic) bond motifs is 3. The first kappa shape index (κ1) is 16.1. The number of pyridine rings is 1. The maximum Gasteiger partial charge on any atom is 0.142 e. The second-order valence-corrected chi connectivity index (χ2v) is 7.80. The molecule has 0 spiro atoms. The van der Waals surface area contributed by atoms with Gasteiger partial charge in [0.05, 0.1) is 39.5 Å². The van der Waals surface area contributed by atoms with Crippen molar-refractivity contribution in [3.63, 3.8) is 0 Å². The van der Waals surface area contributed by atoms with Gasteiger partial charge in [-0.1, -0.05) is 6.92 Å². The highest BCUT2D eigenvalue weighted by atomic mass is 32.2. The van der Waals surface area contributed by atoms with Gasteiger partial charge in [0.25, 0.3) is 0 Å². The van der Waals surface area contributed by atoms with Crippen LogP contribution in [0.1, 0.15) is 18.9 Å². The molecule has 1 aromatic heterocycles. The summed E-state index contributed by atoms with van der Waals surface area (Å²) in [4.78, 5) is 11.8. The van der Waals surface area contributed by atoms with Crippen LogP contribution in [0.25, 0.3) is 0 Å². The number of allylic oxidation sites excluding steroid dienone is 1. The lowest BCUT2D eigenvalue weighted by Gasteiger charge is -2.30. The lowest BCUT2D eigenvalue weighted by Crippen LogP contribution is -2.31. The Bertz CT molecular complexity index is 854. The van der Waals surface area contributed by atoms with Crippen molar-refractivity contribution in [2.45, 2.75) is 26.8 Å². The van der Waals surface area contributed by atoms with E-state index in [0.29, 0.717) is 16.9 Å². The molecule has 1 N–H and O–H groups in total. The molecule has 0 bridgehead atoms. The van der Waals surface area contributed by atoms with E-state index < -0.39 is 9.80 Å². The maximum atomic E-state index is 12.4. The number of hydrogen-bond donors (Lipinski definition) is 1. The first-order valence-corrected chi connectivity index (χ1v) is 9.42. The largest absolute Gasteiger partial charge is 0.332 e. The summed E-state index contributed by atoms with van der Waals surface area (Å²) in [6.45, 7) is 5.29. The first-order valence-electron chi connectivity index (χ1n) is 7.49. The van der Waals surface area contributed by atoms with Crippen molar-refractivity contribution in [3.8, 4) is 0 Å². The Labute approximate surface area is 136 Å². The van der Waals surface area contributed by atoms with Gasteiger partial charge in [0.15, 0.2) is 0 Å². The van der Waals surface area contributed by atoms with Crippen LogP contribution in [0.4, 0.5) is 11.5 Å². The van der Waals surface area contributed by atoms with Crippen LogP contribution >= 0.6 is 0 Å². The van der Waals surface area contributed by atoms with Crippen LogP contribution in [-0.2, 0) is 21.2 Å². The molecule has 0 saturated heterocycles.